The predicted molar refractivity (Wildman–Crippen MR) is 68.4 cm³/mol. The average molecular weight is 224 g/mol. The van der Waals surface area contributed by atoms with Gasteiger partial charge < -0.3 is 5.73 Å². The minimum Gasteiger partial charge on any atom is -0.399 e. The molecule has 2 N–H and O–H groups in total. The van der Waals surface area contributed by atoms with Crippen LogP contribution in [0.15, 0.2) is 42.7 Å². The summed E-state index contributed by atoms with van der Waals surface area (Å²) < 4.78 is 1.85. The van der Waals surface area contributed by atoms with Crippen LogP contribution >= 0.6 is 0 Å². The predicted octanol–water partition coefficient (Wildman–Crippen LogP) is 2.22. The summed E-state index contributed by atoms with van der Waals surface area (Å²) in [5, 5.41) is 5.34. The second-order valence-electron chi connectivity index (χ2n) is 4.02. The second-order valence-corrected chi connectivity index (χ2v) is 4.02. The van der Waals surface area contributed by atoms with Crippen molar-refractivity contribution < 1.29 is 0 Å². The van der Waals surface area contributed by atoms with Gasteiger partial charge in [0.2, 0.25) is 0 Å². The Morgan fingerprint density at radius 3 is 2.88 bits per heavy atom. The molecule has 0 atom stereocenters. The number of nitrogens with zero attached hydrogens (tertiary/aromatic N) is 3. The highest BCUT2D eigenvalue weighted by Gasteiger charge is 2.04. The zero-order valence-corrected chi connectivity index (χ0v) is 9.46. The molecule has 0 aliphatic rings. The fourth-order valence-electron chi connectivity index (χ4n) is 1.91. The number of fused-ring (bicyclic) bond motifs is 1. The van der Waals surface area contributed by atoms with Gasteiger partial charge in [-0.05, 0) is 18.2 Å². The lowest BCUT2D eigenvalue weighted by Gasteiger charge is -2.02. The van der Waals surface area contributed by atoms with Crippen LogP contribution in [0.5, 0.6) is 0 Å². The van der Waals surface area contributed by atoms with Crippen molar-refractivity contribution in [3.05, 3.63) is 42.7 Å². The van der Waals surface area contributed by atoms with Crippen LogP contribution < -0.4 is 5.73 Å². The van der Waals surface area contributed by atoms with Crippen LogP contribution in [0.3, 0.4) is 0 Å². The normalized spacial score (nSPS) is 10.9. The number of hydrogen-bond donors (Lipinski definition) is 1. The first-order valence-corrected chi connectivity index (χ1v) is 5.38. The zero-order valence-electron chi connectivity index (χ0n) is 9.46. The number of nitrogen functional groups attached to an aromatic ring is 1. The molecule has 0 bridgehead atoms. The Morgan fingerprint density at radius 1 is 1.18 bits per heavy atom. The second kappa shape index (κ2) is 3.59. The van der Waals surface area contributed by atoms with E-state index in [1.165, 1.54) is 0 Å². The smallest absolute Gasteiger partial charge is 0.0723 e. The summed E-state index contributed by atoms with van der Waals surface area (Å²) >= 11 is 0. The number of anilines is 1. The van der Waals surface area contributed by atoms with Crippen molar-refractivity contribution in [3.8, 4) is 11.3 Å². The van der Waals surface area contributed by atoms with Crippen LogP contribution in [0.2, 0.25) is 0 Å². The van der Waals surface area contributed by atoms with E-state index >= 15 is 0 Å². The first kappa shape index (κ1) is 9.84. The molecular formula is C13H12N4. The summed E-state index contributed by atoms with van der Waals surface area (Å²) in [7, 11) is 1.93. The van der Waals surface area contributed by atoms with E-state index in [1.54, 1.807) is 12.3 Å². The molecule has 0 aliphatic heterocycles. The molecule has 0 amide bonds. The van der Waals surface area contributed by atoms with E-state index in [0.29, 0.717) is 0 Å². The molecule has 3 rings (SSSR count). The van der Waals surface area contributed by atoms with Gasteiger partial charge in [0.15, 0.2) is 0 Å². The third kappa shape index (κ3) is 1.63. The minimum absolute atomic E-state index is 0.722. The molecular weight excluding hydrogens is 212 g/mol. The van der Waals surface area contributed by atoms with E-state index in [0.717, 1.165) is 27.8 Å². The van der Waals surface area contributed by atoms with Crippen molar-refractivity contribution in [3.63, 3.8) is 0 Å². The maximum absolute atomic E-state index is 5.76. The number of aromatic nitrogens is 3. The maximum Gasteiger partial charge on any atom is 0.0723 e. The van der Waals surface area contributed by atoms with Gasteiger partial charge in [0.1, 0.15) is 0 Å². The molecule has 17 heavy (non-hydrogen) atoms. The first-order valence-electron chi connectivity index (χ1n) is 5.38. The molecule has 2 aromatic heterocycles. The van der Waals surface area contributed by atoms with Crippen molar-refractivity contribution in [1.29, 1.82) is 0 Å². The van der Waals surface area contributed by atoms with Gasteiger partial charge in [0.25, 0.3) is 0 Å². The third-order valence-corrected chi connectivity index (χ3v) is 2.83. The van der Waals surface area contributed by atoms with Crippen LogP contribution in [0.4, 0.5) is 5.69 Å². The molecule has 0 radical (unpaired) electrons. The summed E-state index contributed by atoms with van der Waals surface area (Å²) in [6.07, 6.45) is 3.57. The molecule has 0 spiro atoms. The zero-order chi connectivity index (χ0) is 11.8. The molecule has 3 aromatic rings. The van der Waals surface area contributed by atoms with Gasteiger partial charge in [0.05, 0.1) is 17.4 Å². The lowest BCUT2D eigenvalue weighted by Crippen LogP contribution is -1.91. The Morgan fingerprint density at radius 2 is 2.06 bits per heavy atom. The molecule has 4 heteroatoms. The van der Waals surface area contributed by atoms with E-state index in [1.807, 2.05) is 36.1 Å². The number of benzene rings is 1. The lowest BCUT2D eigenvalue weighted by molar-refractivity contribution is 0.797. The topological polar surface area (TPSA) is 56.7 Å². The van der Waals surface area contributed by atoms with E-state index in [-0.39, 0.29) is 0 Å². The number of aryl methyl sites for hydroxylation is 1. The first-order chi connectivity index (χ1) is 8.24. The highest BCUT2D eigenvalue weighted by molar-refractivity contribution is 5.83. The van der Waals surface area contributed by atoms with Gasteiger partial charge in [-0.1, -0.05) is 12.1 Å². The van der Waals surface area contributed by atoms with Gasteiger partial charge >= 0.3 is 0 Å². The Bertz CT molecular complexity index is 685. The molecule has 0 aliphatic carbocycles. The quantitative estimate of drug-likeness (QED) is 0.689. The highest BCUT2D eigenvalue weighted by Crippen LogP contribution is 2.23. The van der Waals surface area contributed by atoms with Crippen LogP contribution in [0, 0.1) is 0 Å². The van der Waals surface area contributed by atoms with Crippen LogP contribution in [-0.2, 0) is 7.05 Å². The monoisotopic (exact) mass is 224 g/mol. The molecule has 0 saturated heterocycles. The molecule has 4 nitrogen and oxygen atoms in total. The SMILES string of the molecule is Cn1ncc2ccc(-c3cc(N)ccn3)cc21. The highest BCUT2D eigenvalue weighted by atomic mass is 15.2. The Labute approximate surface area is 98.7 Å². The molecule has 0 unspecified atom stereocenters. The van der Waals surface area contributed by atoms with Gasteiger partial charge in [-0.15, -0.1) is 0 Å². The Hall–Kier alpha value is -2.36. The molecule has 84 valence electrons. The van der Waals surface area contributed by atoms with Crippen LogP contribution in [0.1, 0.15) is 0 Å². The lowest BCUT2D eigenvalue weighted by atomic mass is 10.1. The van der Waals surface area contributed by atoms with Gasteiger partial charge in [0, 0.05) is 29.9 Å². The van der Waals surface area contributed by atoms with E-state index in [4.69, 9.17) is 5.73 Å². The standard InChI is InChI=1S/C13H12N4/c1-17-13-6-9(2-3-10(13)8-16-17)12-7-11(14)4-5-15-12/h2-8H,1H3,(H2,14,15). The van der Waals surface area contributed by atoms with Crippen molar-refractivity contribution in [2.75, 3.05) is 5.73 Å². The van der Waals surface area contributed by atoms with Crippen molar-refractivity contribution in [2.24, 2.45) is 7.05 Å². The number of nitrogens with two attached hydrogens (primary N) is 1. The van der Waals surface area contributed by atoms with Crippen molar-refractivity contribution in [1.82, 2.24) is 14.8 Å². The van der Waals surface area contributed by atoms with Crippen molar-refractivity contribution in [2.45, 2.75) is 0 Å². The van der Waals surface area contributed by atoms with E-state index in [2.05, 4.69) is 16.1 Å². The van der Waals surface area contributed by atoms with Gasteiger partial charge in [-0.2, -0.15) is 5.10 Å². The summed E-state index contributed by atoms with van der Waals surface area (Å²) in [6, 6.07) is 9.81. The molecule has 0 fully saturated rings. The fourth-order valence-corrected chi connectivity index (χ4v) is 1.91. The molecule has 1 aromatic carbocycles. The average Bonchev–Trinajstić information content (AvgIpc) is 2.71. The third-order valence-electron chi connectivity index (χ3n) is 2.83. The Kier molecular flexibility index (Phi) is 2.08. The summed E-state index contributed by atoms with van der Waals surface area (Å²) in [6.45, 7) is 0. The number of hydrogen-bond acceptors (Lipinski definition) is 3. The Balaban J connectivity index is 2.20. The summed E-state index contributed by atoms with van der Waals surface area (Å²) in [4.78, 5) is 4.32. The van der Waals surface area contributed by atoms with Gasteiger partial charge in [-0.3, -0.25) is 9.67 Å². The molecule has 0 saturated carbocycles. The van der Waals surface area contributed by atoms with Gasteiger partial charge in [-0.25, -0.2) is 0 Å². The number of pyridine rings is 1. The van der Waals surface area contributed by atoms with Crippen molar-refractivity contribution >= 4 is 16.6 Å². The number of rotatable bonds is 1. The van der Waals surface area contributed by atoms with Crippen LogP contribution in [-0.4, -0.2) is 14.8 Å². The largest absolute Gasteiger partial charge is 0.399 e. The fraction of sp³-hybridized carbons (Fsp3) is 0.0769. The van der Waals surface area contributed by atoms with Crippen LogP contribution in [0.25, 0.3) is 22.2 Å². The van der Waals surface area contributed by atoms with E-state index < -0.39 is 0 Å². The molecule has 2 heterocycles. The summed E-state index contributed by atoms with van der Waals surface area (Å²) in [5.41, 5.74) is 9.50. The maximum atomic E-state index is 5.76. The minimum atomic E-state index is 0.722. The van der Waals surface area contributed by atoms with E-state index in [9.17, 15) is 0 Å². The summed E-state index contributed by atoms with van der Waals surface area (Å²) in [5.74, 6) is 0.